The van der Waals surface area contributed by atoms with E-state index < -0.39 is 13.7 Å². The van der Waals surface area contributed by atoms with Crippen LogP contribution in [0.3, 0.4) is 0 Å². The topological polar surface area (TPSA) is 25.8 Å². The second-order valence-corrected chi connectivity index (χ2v) is 26.9. The number of imidazole rings is 1. The number of benzene rings is 8. The molecular formula is C66H57N3OSi+2. The summed E-state index contributed by atoms with van der Waals surface area (Å²) < 4.78 is 15.3. The lowest BCUT2D eigenvalue weighted by Crippen LogP contribution is -2.72. The standard InChI is InChI=1S/C66H57N3OSi/c1-42(2)35-49-38-60-53-25-14-15-28-56(53)66(67(60)41-63(49)71(3,4)5)57-40-62-54(52-27-18-26-51(64(52)70-62)48-32-31-44-21-12-13-24-46(44)36-48)39-55(57)65-68(58-29-16-17-30-59(58)69(65)66)61-37-47(43-19-8-6-9-20-43)33-34-50(61)45-22-10-7-11-23-45/h6-11,14-20,22-23,25-34,36-42H,12-13,21,24,35H2,1-5H3/q+2. The Morgan fingerprint density at radius 2 is 1.30 bits per heavy atom. The number of furan rings is 1. The summed E-state index contributed by atoms with van der Waals surface area (Å²) in [4.78, 5) is 0. The number of rotatable bonds is 7. The van der Waals surface area contributed by atoms with Gasteiger partial charge < -0.3 is 4.42 Å². The first-order valence-corrected chi connectivity index (χ1v) is 29.3. The largest absolute Gasteiger partial charge is 0.455 e. The van der Waals surface area contributed by atoms with Crippen LogP contribution < -0.4 is 14.3 Å². The molecule has 5 heteroatoms. The quantitative estimate of drug-likeness (QED) is 0.115. The minimum atomic E-state index is -1.89. The number of aryl methyl sites for hydroxylation is 2. The summed E-state index contributed by atoms with van der Waals surface area (Å²) in [6.45, 7) is 12.3. The molecule has 0 saturated carbocycles. The summed E-state index contributed by atoms with van der Waals surface area (Å²) in [6.07, 6.45) is 8.47. The van der Waals surface area contributed by atoms with Crippen LogP contribution in [0.4, 0.5) is 0 Å². The molecule has 8 aromatic carbocycles. The SMILES string of the molecule is CC(C)Cc1cc2[n+](cc1[Si](C)(C)C)C1(c3ccccc3-2)c2cc3oc4c(-c5ccc6c(c5)CCCC6)cccc4c3cc2-c2n(-c3cc(-c4ccccc4)ccc3-c3ccccc3)c3ccccc3[n+]21. The molecule has 5 heterocycles. The van der Waals surface area contributed by atoms with E-state index in [0.29, 0.717) is 5.92 Å². The van der Waals surface area contributed by atoms with Gasteiger partial charge in [-0.25, -0.2) is 0 Å². The van der Waals surface area contributed by atoms with Crippen LogP contribution >= 0.6 is 0 Å². The zero-order valence-corrected chi connectivity index (χ0v) is 42.3. The summed E-state index contributed by atoms with van der Waals surface area (Å²) in [5, 5.41) is 3.79. The van der Waals surface area contributed by atoms with Gasteiger partial charge in [0.2, 0.25) is 5.69 Å². The first-order chi connectivity index (χ1) is 34.7. The molecule has 3 aliphatic rings. The lowest BCUT2D eigenvalue weighted by Gasteiger charge is -2.24. The molecule has 0 bridgehead atoms. The number of pyridine rings is 1. The van der Waals surface area contributed by atoms with E-state index in [1.807, 2.05) is 0 Å². The summed E-state index contributed by atoms with van der Waals surface area (Å²) in [5.41, 5.74) is 22.4. The fraction of sp³-hybridized carbons (Fsp3) is 0.182. The molecule has 344 valence electrons. The Labute approximate surface area is 417 Å². The van der Waals surface area contributed by atoms with Gasteiger partial charge in [-0.15, -0.1) is 9.13 Å². The van der Waals surface area contributed by atoms with Gasteiger partial charge in [-0.2, -0.15) is 4.57 Å². The van der Waals surface area contributed by atoms with E-state index in [2.05, 4.69) is 235 Å². The van der Waals surface area contributed by atoms with Crippen LogP contribution in [0.15, 0.2) is 193 Å². The maximum atomic E-state index is 7.33. The maximum Gasteiger partial charge on any atom is 0.364 e. The molecule has 1 aliphatic carbocycles. The second-order valence-electron chi connectivity index (χ2n) is 21.8. The monoisotopic (exact) mass is 935 g/mol. The van der Waals surface area contributed by atoms with Crippen molar-refractivity contribution in [3.8, 4) is 61.7 Å². The van der Waals surface area contributed by atoms with Crippen LogP contribution in [-0.4, -0.2) is 12.6 Å². The van der Waals surface area contributed by atoms with Gasteiger partial charge in [0, 0.05) is 33.2 Å². The van der Waals surface area contributed by atoms with Crippen LogP contribution in [0.1, 0.15) is 54.5 Å². The minimum absolute atomic E-state index is 0.531. The van der Waals surface area contributed by atoms with Crippen molar-refractivity contribution in [2.45, 2.75) is 71.3 Å². The van der Waals surface area contributed by atoms with Gasteiger partial charge in [-0.1, -0.05) is 161 Å². The Balaban J connectivity index is 1.14. The van der Waals surface area contributed by atoms with E-state index >= 15 is 0 Å². The summed E-state index contributed by atoms with van der Waals surface area (Å²) in [7, 11) is -1.89. The van der Waals surface area contributed by atoms with Gasteiger partial charge in [-0.3, -0.25) is 0 Å². The van der Waals surface area contributed by atoms with Crippen molar-refractivity contribution in [1.82, 2.24) is 4.57 Å². The highest BCUT2D eigenvalue weighted by atomic mass is 28.3. The van der Waals surface area contributed by atoms with E-state index in [4.69, 9.17) is 4.42 Å². The third-order valence-electron chi connectivity index (χ3n) is 16.0. The zero-order chi connectivity index (χ0) is 47.8. The lowest BCUT2D eigenvalue weighted by molar-refractivity contribution is -0.944. The Morgan fingerprint density at radius 1 is 0.577 bits per heavy atom. The van der Waals surface area contributed by atoms with Crippen molar-refractivity contribution in [1.29, 1.82) is 0 Å². The predicted octanol–water partition coefficient (Wildman–Crippen LogP) is 15.0. The first-order valence-electron chi connectivity index (χ1n) is 25.8. The van der Waals surface area contributed by atoms with Gasteiger partial charge in [0.25, 0.3) is 0 Å². The van der Waals surface area contributed by atoms with E-state index in [1.54, 1.807) is 0 Å². The average Bonchev–Trinajstić information content (AvgIpc) is 4.12. The molecule has 1 atom stereocenters. The summed E-state index contributed by atoms with van der Waals surface area (Å²) in [6, 6.07) is 68.6. The molecule has 3 aromatic heterocycles. The highest BCUT2D eigenvalue weighted by molar-refractivity contribution is 6.89. The number of nitrogens with zero attached hydrogens (tertiary/aromatic N) is 3. The van der Waals surface area contributed by atoms with Gasteiger partial charge >= 0.3 is 11.5 Å². The fourth-order valence-corrected chi connectivity index (χ4v) is 14.6. The predicted molar refractivity (Wildman–Crippen MR) is 294 cm³/mol. The molecule has 11 aromatic rings. The van der Waals surface area contributed by atoms with Crippen LogP contribution in [0, 0.1) is 5.92 Å². The molecule has 0 saturated heterocycles. The van der Waals surface area contributed by atoms with Gasteiger partial charge in [-0.05, 0) is 125 Å². The van der Waals surface area contributed by atoms with Crippen LogP contribution in [0.25, 0.3) is 94.7 Å². The number of para-hydroxylation sites is 3. The lowest BCUT2D eigenvalue weighted by atomic mass is 9.88. The van der Waals surface area contributed by atoms with Gasteiger partial charge in [0.05, 0.1) is 30.3 Å². The van der Waals surface area contributed by atoms with E-state index in [9.17, 15) is 0 Å². The van der Waals surface area contributed by atoms with Crippen LogP contribution in [-0.2, 0) is 24.9 Å². The molecule has 4 nitrogen and oxygen atoms in total. The number of hydrogen-bond acceptors (Lipinski definition) is 1. The Morgan fingerprint density at radius 3 is 2.10 bits per heavy atom. The van der Waals surface area contributed by atoms with Crippen molar-refractivity contribution < 1.29 is 13.6 Å². The third-order valence-corrected chi connectivity index (χ3v) is 18.1. The zero-order valence-electron chi connectivity index (χ0n) is 41.3. The van der Waals surface area contributed by atoms with E-state index in [0.717, 1.165) is 57.4 Å². The molecule has 1 spiro atoms. The molecule has 0 fully saturated rings. The van der Waals surface area contributed by atoms with Crippen molar-refractivity contribution in [3.05, 3.63) is 216 Å². The van der Waals surface area contributed by atoms with Crippen molar-refractivity contribution in [2.75, 3.05) is 0 Å². The van der Waals surface area contributed by atoms with Crippen molar-refractivity contribution in [3.63, 3.8) is 0 Å². The molecule has 1 unspecified atom stereocenters. The Hall–Kier alpha value is -7.60. The maximum absolute atomic E-state index is 7.33. The first kappa shape index (κ1) is 42.3. The molecule has 0 N–H and O–H groups in total. The molecule has 2 aliphatic heterocycles. The summed E-state index contributed by atoms with van der Waals surface area (Å²) >= 11 is 0. The van der Waals surface area contributed by atoms with Gasteiger partial charge in [0.15, 0.2) is 17.2 Å². The van der Waals surface area contributed by atoms with Crippen LogP contribution in [0.5, 0.6) is 0 Å². The molecule has 0 amide bonds. The normalized spacial score (nSPS) is 15.7. The van der Waals surface area contributed by atoms with Crippen molar-refractivity contribution >= 4 is 46.2 Å². The number of fused-ring (bicyclic) bond motifs is 16. The van der Waals surface area contributed by atoms with Crippen LogP contribution in [0.2, 0.25) is 19.6 Å². The number of aromatic nitrogens is 3. The van der Waals surface area contributed by atoms with Crippen molar-refractivity contribution in [2.24, 2.45) is 5.92 Å². The highest BCUT2D eigenvalue weighted by Gasteiger charge is 2.66. The Kier molecular flexibility index (Phi) is 9.35. The molecule has 71 heavy (non-hydrogen) atoms. The van der Waals surface area contributed by atoms with Gasteiger partial charge in [0.1, 0.15) is 16.9 Å². The third kappa shape index (κ3) is 6.21. The average molecular weight is 936 g/mol. The minimum Gasteiger partial charge on any atom is -0.455 e. The highest BCUT2D eigenvalue weighted by Crippen LogP contribution is 2.52. The second kappa shape index (κ2) is 15.7. The summed E-state index contributed by atoms with van der Waals surface area (Å²) in [5.74, 6) is 1.68. The van der Waals surface area contributed by atoms with E-state index in [-0.39, 0.29) is 0 Å². The fourth-order valence-electron chi connectivity index (χ4n) is 12.9. The molecular weight excluding hydrogens is 879 g/mol. The molecule has 0 radical (unpaired) electrons. The smallest absolute Gasteiger partial charge is 0.364 e. The Bertz CT molecular complexity index is 3980. The number of hydrogen-bond donors (Lipinski definition) is 0. The van der Waals surface area contributed by atoms with E-state index in [1.165, 1.54) is 102 Å². The molecule has 14 rings (SSSR count).